The SMILES string of the molecule is CC(C)(C)CCn1cc(O)cn1. The van der Waals surface area contributed by atoms with Crippen LogP contribution in [0.25, 0.3) is 0 Å². The highest BCUT2D eigenvalue weighted by molar-refractivity contribution is 5.08. The first kappa shape index (κ1) is 9.10. The smallest absolute Gasteiger partial charge is 0.153 e. The molecule has 0 aliphatic carbocycles. The Labute approximate surface area is 73.0 Å². The first-order valence-electron chi connectivity index (χ1n) is 4.19. The van der Waals surface area contributed by atoms with E-state index in [2.05, 4.69) is 25.9 Å². The molecule has 3 nitrogen and oxygen atoms in total. The summed E-state index contributed by atoms with van der Waals surface area (Å²) in [6.07, 6.45) is 4.17. The lowest BCUT2D eigenvalue weighted by Crippen LogP contribution is -2.10. The van der Waals surface area contributed by atoms with Crippen LogP contribution < -0.4 is 0 Å². The minimum Gasteiger partial charge on any atom is -0.505 e. The standard InChI is InChI=1S/C9H16N2O/c1-9(2,3)4-5-11-7-8(12)6-10-11/h6-7,12H,4-5H2,1-3H3. The van der Waals surface area contributed by atoms with Crippen LogP contribution in [0.5, 0.6) is 5.75 Å². The lowest BCUT2D eigenvalue weighted by Gasteiger charge is -2.17. The molecule has 3 heteroatoms. The Kier molecular flexibility index (Phi) is 2.40. The van der Waals surface area contributed by atoms with Gasteiger partial charge in [0.2, 0.25) is 0 Å². The maximum atomic E-state index is 9.00. The van der Waals surface area contributed by atoms with Gasteiger partial charge in [-0.05, 0) is 11.8 Å². The molecule has 12 heavy (non-hydrogen) atoms. The average molecular weight is 168 g/mol. The molecule has 0 aliphatic rings. The van der Waals surface area contributed by atoms with Crippen LogP contribution in [0, 0.1) is 5.41 Å². The van der Waals surface area contributed by atoms with Gasteiger partial charge in [0.1, 0.15) is 0 Å². The van der Waals surface area contributed by atoms with Gasteiger partial charge in [0, 0.05) is 6.54 Å². The Bertz CT molecular complexity index is 247. The molecule has 0 amide bonds. The minimum atomic E-state index is 0.240. The van der Waals surface area contributed by atoms with Crippen LogP contribution in [0.4, 0.5) is 0 Å². The number of aryl methyl sites for hydroxylation is 1. The highest BCUT2D eigenvalue weighted by Gasteiger charge is 2.09. The summed E-state index contributed by atoms with van der Waals surface area (Å²) in [6, 6.07) is 0. The van der Waals surface area contributed by atoms with Gasteiger partial charge in [-0.25, -0.2) is 0 Å². The molecule has 0 saturated heterocycles. The zero-order chi connectivity index (χ0) is 9.19. The molecule has 0 unspecified atom stereocenters. The molecule has 0 saturated carbocycles. The highest BCUT2D eigenvalue weighted by atomic mass is 16.3. The van der Waals surface area contributed by atoms with Gasteiger partial charge < -0.3 is 5.11 Å². The monoisotopic (exact) mass is 168 g/mol. The van der Waals surface area contributed by atoms with Crippen LogP contribution >= 0.6 is 0 Å². The van der Waals surface area contributed by atoms with Crippen molar-refractivity contribution in [3.63, 3.8) is 0 Å². The van der Waals surface area contributed by atoms with Gasteiger partial charge in [-0.1, -0.05) is 20.8 Å². The quantitative estimate of drug-likeness (QED) is 0.733. The van der Waals surface area contributed by atoms with Crippen molar-refractivity contribution in [1.29, 1.82) is 0 Å². The van der Waals surface area contributed by atoms with Crippen molar-refractivity contribution in [1.82, 2.24) is 9.78 Å². The fraction of sp³-hybridized carbons (Fsp3) is 0.667. The van der Waals surface area contributed by atoms with Crippen LogP contribution in [0.2, 0.25) is 0 Å². The second-order valence-electron chi connectivity index (χ2n) is 4.27. The maximum Gasteiger partial charge on any atom is 0.153 e. The maximum absolute atomic E-state index is 9.00. The van der Waals surface area contributed by atoms with E-state index in [1.54, 1.807) is 10.9 Å². The molecule has 1 aromatic heterocycles. The number of aromatic hydroxyl groups is 1. The third-order valence-electron chi connectivity index (χ3n) is 1.71. The molecule has 0 fully saturated rings. The lowest BCUT2D eigenvalue weighted by atomic mass is 9.92. The van der Waals surface area contributed by atoms with Crippen LogP contribution in [0.15, 0.2) is 12.4 Å². The van der Waals surface area contributed by atoms with Crippen molar-refractivity contribution in [2.45, 2.75) is 33.7 Å². The summed E-state index contributed by atoms with van der Waals surface area (Å²) in [5, 5.41) is 13.0. The molecule has 1 heterocycles. The van der Waals surface area contributed by atoms with Gasteiger partial charge in [0.05, 0.1) is 12.4 Å². The molecule has 0 aromatic carbocycles. The number of hydrogen-bond acceptors (Lipinski definition) is 2. The van der Waals surface area contributed by atoms with Crippen molar-refractivity contribution in [2.24, 2.45) is 5.41 Å². The highest BCUT2D eigenvalue weighted by Crippen LogP contribution is 2.19. The van der Waals surface area contributed by atoms with Gasteiger partial charge in [-0.3, -0.25) is 4.68 Å². The average Bonchev–Trinajstić information content (AvgIpc) is 2.30. The predicted molar refractivity (Wildman–Crippen MR) is 48.0 cm³/mol. The summed E-state index contributed by atoms with van der Waals surface area (Å²) < 4.78 is 1.76. The van der Waals surface area contributed by atoms with E-state index < -0.39 is 0 Å². The third-order valence-corrected chi connectivity index (χ3v) is 1.71. The van der Waals surface area contributed by atoms with Crippen LogP contribution in [-0.4, -0.2) is 14.9 Å². The lowest BCUT2D eigenvalue weighted by molar-refractivity contribution is 0.340. The summed E-state index contributed by atoms with van der Waals surface area (Å²) in [7, 11) is 0. The molecule has 0 aliphatic heterocycles. The molecule has 0 atom stereocenters. The van der Waals surface area contributed by atoms with E-state index in [-0.39, 0.29) is 5.75 Å². The first-order chi connectivity index (χ1) is 5.47. The van der Waals surface area contributed by atoms with Crippen molar-refractivity contribution in [3.8, 4) is 5.75 Å². The van der Waals surface area contributed by atoms with E-state index in [4.69, 9.17) is 5.11 Å². The Hall–Kier alpha value is -0.990. The van der Waals surface area contributed by atoms with Gasteiger partial charge in [0.25, 0.3) is 0 Å². The second kappa shape index (κ2) is 3.17. The first-order valence-corrected chi connectivity index (χ1v) is 4.19. The molecule has 0 spiro atoms. The van der Waals surface area contributed by atoms with Crippen LogP contribution in [0.1, 0.15) is 27.2 Å². The van der Waals surface area contributed by atoms with Gasteiger partial charge in [-0.2, -0.15) is 5.10 Å². The van der Waals surface area contributed by atoms with E-state index in [9.17, 15) is 0 Å². The number of nitrogens with zero attached hydrogens (tertiary/aromatic N) is 2. The number of rotatable bonds is 2. The van der Waals surface area contributed by atoms with Crippen molar-refractivity contribution >= 4 is 0 Å². The molecule has 1 rings (SSSR count). The van der Waals surface area contributed by atoms with E-state index >= 15 is 0 Å². The predicted octanol–water partition coefficient (Wildman–Crippen LogP) is 2.02. The van der Waals surface area contributed by atoms with Gasteiger partial charge in [-0.15, -0.1) is 0 Å². The summed E-state index contributed by atoms with van der Waals surface area (Å²) in [5.41, 5.74) is 0.321. The Balaban J connectivity index is 2.44. The fourth-order valence-corrected chi connectivity index (χ4v) is 0.925. The van der Waals surface area contributed by atoms with E-state index in [1.165, 1.54) is 6.20 Å². The fourth-order valence-electron chi connectivity index (χ4n) is 0.925. The zero-order valence-electron chi connectivity index (χ0n) is 7.91. The normalized spacial score (nSPS) is 11.9. The summed E-state index contributed by atoms with van der Waals surface area (Å²) in [5.74, 6) is 0.240. The van der Waals surface area contributed by atoms with Crippen LogP contribution in [0.3, 0.4) is 0 Å². The largest absolute Gasteiger partial charge is 0.505 e. The van der Waals surface area contributed by atoms with Crippen molar-refractivity contribution < 1.29 is 5.11 Å². The van der Waals surface area contributed by atoms with E-state index in [1.807, 2.05) is 0 Å². The second-order valence-corrected chi connectivity index (χ2v) is 4.27. The summed E-state index contributed by atoms with van der Waals surface area (Å²) in [4.78, 5) is 0. The molecule has 1 N–H and O–H groups in total. The van der Waals surface area contributed by atoms with Crippen molar-refractivity contribution in [2.75, 3.05) is 0 Å². The Morgan fingerprint density at radius 3 is 2.58 bits per heavy atom. The minimum absolute atomic E-state index is 0.240. The van der Waals surface area contributed by atoms with Crippen LogP contribution in [-0.2, 0) is 6.54 Å². The molecular weight excluding hydrogens is 152 g/mol. The molecular formula is C9H16N2O. The van der Waals surface area contributed by atoms with E-state index in [0.717, 1.165) is 13.0 Å². The summed E-state index contributed by atoms with van der Waals surface area (Å²) >= 11 is 0. The Morgan fingerprint density at radius 1 is 1.50 bits per heavy atom. The number of aromatic nitrogens is 2. The molecule has 0 radical (unpaired) electrons. The molecule has 68 valence electrons. The van der Waals surface area contributed by atoms with Gasteiger partial charge in [0.15, 0.2) is 5.75 Å². The number of hydrogen-bond donors (Lipinski definition) is 1. The van der Waals surface area contributed by atoms with Crippen molar-refractivity contribution in [3.05, 3.63) is 12.4 Å². The Morgan fingerprint density at radius 2 is 2.17 bits per heavy atom. The third kappa shape index (κ3) is 2.95. The molecule has 1 aromatic rings. The summed E-state index contributed by atoms with van der Waals surface area (Å²) in [6.45, 7) is 7.44. The topological polar surface area (TPSA) is 38.0 Å². The zero-order valence-corrected chi connectivity index (χ0v) is 7.91. The van der Waals surface area contributed by atoms with E-state index in [0.29, 0.717) is 5.41 Å². The van der Waals surface area contributed by atoms with Gasteiger partial charge >= 0.3 is 0 Å². The molecule has 0 bridgehead atoms.